The highest BCUT2D eigenvalue weighted by Gasteiger charge is 2.35. The lowest BCUT2D eigenvalue weighted by molar-refractivity contribution is -0.125. The van der Waals surface area contributed by atoms with Gasteiger partial charge < -0.3 is 11.1 Å². The van der Waals surface area contributed by atoms with E-state index in [2.05, 4.69) is 19.2 Å². The van der Waals surface area contributed by atoms with Gasteiger partial charge in [0.05, 0.1) is 5.54 Å². The first-order valence-electron chi connectivity index (χ1n) is 7.72. The maximum atomic E-state index is 11.9. The summed E-state index contributed by atoms with van der Waals surface area (Å²) >= 11 is 0. The van der Waals surface area contributed by atoms with Crippen molar-refractivity contribution in [1.29, 1.82) is 0 Å². The van der Waals surface area contributed by atoms with Gasteiger partial charge in [0.1, 0.15) is 0 Å². The number of nitrogens with two attached hydrogens (primary N) is 1. The third kappa shape index (κ3) is 4.27. The van der Waals surface area contributed by atoms with E-state index < -0.39 is 5.54 Å². The summed E-state index contributed by atoms with van der Waals surface area (Å²) in [6.45, 7) is 4.23. The molecule has 0 aliphatic heterocycles. The number of primary amides is 1. The van der Waals surface area contributed by atoms with E-state index in [4.69, 9.17) is 5.73 Å². The standard InChI is InChI=1S/C15H30N2O/c1-3-5-12-15(4-2,14(16)18)17-13-10-8-6-7-9-11-13/h13,17H,3-12H2,1-2H3,(H2,16,18). The van der Waals surface area contributed by atoms with Crippen LogP contribution in [0.5, 0.6) is 0 Å². The molecule has 18 heavy (non-hydrogen) atoms. The van der Waals surface area contributed by atoms with Crippen LogP contribution in [0, 0.1) is 0 Å². The molecule has 0 aromatic carbocycles. The monoisotopic (exact) mass is 254 g/mol. The first-order valence-corrected chi connectivity index (χ1v) is 7.72. The second kappa shape index (κ2) is 7.78. The molecule has 1 atom stereocenters. The van der Waals surface area contributed by atoms with Crippen molar-refractivity contribution in [3.05, 3.63) is 0 Å². The molecule has 1 aliphatic carbocycles. The fourth-order valence-corrected chi connectivity index (χ4v) is 3.01. The quantitative estimate of drug-likeness (QED) is 0.686. The van der Waals surface area contributed by atoms with E-state index in [0.29, 0.717) is 6.04 Å². The summed E-state index contributed by atoms with van der Waals surface area (Å²) in [5.41, 5.74) is 5.21. The Morgan fingerprint density at radius 3 is 2.28 bits per heavy atom. The summed E-state index contributed by atoms with van der Waals surface area (Å²) in [5.74, 6) is -0.164. The number of hydrogen-bond donors (Lipinski definition) is 2. The van der Waals surface area contributed by atoms with E-state index in [0.717, 1.165) is 25.7 Å². The van der Waals surface area contributed by atoms with Gasteiger partial charge in [0.25, 0.3) is 0 Å². The third-order valence-corrected chi connectivity index (χ3v) is 4.37. The lowest BCUT2D eigenvalue weighted by Gasteiger charge is -2.35. The van der Waals surface area contributed by atoms with E-state index in [1.807, 2.05) is 0 Å². The minimum Gasteiger partial charge on any atom is -0.368 e. The summed E-state index contributed by atoms with van der Waals surface area (Å²) in [7, 11) is 0. The van der Waals surface area contributed by atoms with Crippen LogP contribution in [0.4, 0.5) is 0 Å². The van der Waals surface area contributed by atoms with Crippen molar-refractivity contribution >= 4 is 5.91 Å². The molecule has 0 radical (unpaired) electrons. The zero-order chi connectivity index (χ0) is 13.4. The second-order valence-corrected chi connectivity index (χ2v) is 5.74. The average Bonchev–Trinajstić information content (AvgIpc) is 2.62. The largest absolute Gasteiger partial charge is 0.368 e. The van der Waals surface area contributed by atoms with E-state index >= 15 is 0 Å². The molecule has 1 rings (SSSR count). The van der Waals surface area contributed by atoms with Gasteiger partial charge >= 0.3 is 0 Å². The number of carbonyl (C=O) groups is 1. The Labute approximate surface area is 112 Å². The summed E-state index contributed by atoms with van der Waals surface area (Å²) in [4.78, 5) is 11.9. The Morgan fingerprint density at radius 2 is 1.83 bits per heavy atom. The molecular formula is C15H30N2O. The highest BCUT2D eigenvalue weighted by atomic mass is 16.1. The van der Waals surface area contributed by atoms with Gasteiger partial charge in [-0.05, 0) is 25.7 Å². The molecule has 1 fully saturated rings. The molecule has 3 nitrogen and oxygen atoms in total. The molecule has 0 bridgehead atoms. The molecule has 0 aromatic heterocycles. The summed E-state index contributed by atoms with van der Waals surface area (Å²) < 4.78 is 0. The molecule has 0 aromatic rings. The number of nitrogens with one attached hydrogen (secondary N) is 1. The number of amides is 1. The van der Waals surface area contributed by atoms with Crippen molar-refractivity contribution in [2.75, 3.05) is 0 Å². The van der Waals surface area contributed by atoms with Gasteiger partial charge in [-0.1, -0.05) is 52.4 Å². The number of unbranched alkanes of at least 4 members (excludes halogenated alkanes) is 1. The summed E-state index contributed by atoms with van der Waals surface area (Å²) in [6, 6.07) is 0.483. The van der Waals surface area contributed by atoms with Crippen LogP contribution >= 0.6 is 0 Å². The molecule has 0 spiro atoms. The Balaban J connectivity index is 2.65. The van der Waals surface area contributed by atoms with Crippen LogP contribution in [0.3, 0.4) is 0 Å². The fraction of sp³-hybridized carbons (Fsp3) is 0.933. The zero-order valence-electron chi connectivity index (χ0n) is 12.1. The fourth-order valence-electron chi connectivity index (χ4n) is 3.01. The van der Waals surface area contributed by atoms with Gasteiger partial charge in [-0.15, -0.1) is 0 Å². The van der Waals surface area contributed by atoms with Gasteiger partial charge in [-0.25, -0.2) is 0 Å². The molecule has 106 valence electrons. The Hall–Kier alpha value is -0.570. The lowest BCUT2D eigenvalue weighted by Crippen LogP contribution is -2.58. The molecule has 0 heterocycles. The SMILES string of the molecule is CCCCC(CC)(NC1CCCCCC1)C(N)=O. The normalized spacial score (nSPS) is 21.2. The van der Waals surface area contributed by atoms with Crippen molar-refractivity contribution in [3.63, 3.8) is 0 Å². The third-order valence-electron chi connectivity index (χ3n) is 4.37. The molecule has 1 saturated carbocycles. The predicted octanol–water partition coefficient (Wildman–Crippen LogP) is 3.12. The molecule has 1 amide bonds. The average molecular weight is 254 g/mol. The minimum absolute atomic E-state index is 0.164. The number of carbonyl (C=O) groups excluding carboxylic acids is 1. The smallest absolute Gasteiger partial charge is 0.237 e. The van der Waals surface area contributed by atoms with Crippen molar-refractivity contribution in [2.24, 2.45) is 5.73 Å². The first-order chi connectivity index (χ1) is 8.64. The predicted molar refractivity (Wildman–Crippen MR) is 76.4 cm³/mol. The van der Waals surface area contributed by atoms with Crippen molar-refractivity contribution < 1.29 is 4.79 Å². The minimum atomic E-state index is -0.467. The van der Waals surface area contributed by atoms with Crippen LogP contribution in [0.2, 0.25) is 0 Å². The van der Waals surface area contributed by atoms with Crippen molar-refractivity contribution in [3.8, 4) is 0 Å². The van der Waals surface area contributed by atoms with E-state index in [1.54, 1.807) is 0 Å². The Kier molecular flexibility index (Phi) is 6.69. The van der Waals surface area contributed by atoms with Crippen LogP contribution in [-0.4, -0.2) is 17.5 Å². The van der Waals surface area contributed by atoms with Crippen LogP contribution < -0.4 is 11.1 Å². The van der Waals surface area contributed by atoms with Gasteiger partial charge in [0.15, 0.2) is 0 Å². The molecule has 3 N–H and O–H groups in total. The van der Waals surface area contributed by atoms with E-state index in [9.17, 15) is 4.79 Å². The molecule has 1 aliphatic rings. The highest BCUT2D eigenvalue weighted by molar-refractivity contribution is 5.84. The Morgan fingerprint density at radius 1 is 1.22 bits per heavy atom. The highest BCUT2D eigenvalue weighted by Crippen LogP contribution is 2.24. The lowest BCUT2D eigenvalue weighted by atomic mass is 9.87. The molecule has 3 heteroatoms. The zero-order valence-corrected chi connectivity index (χ0v) is 12.1. The Bertz CT molecular complexity index is 247. The van der Waals surface area contributed by atoms with Gasteiger partial charge in [0, 0.05) is 6.04 Å². The van der Waals surface area contributed by atoms with Crippen LogP contribution in [0.25, 0.3) is 0 Å². The number of rotatable bonds is 7. The van der Waals surface area contributed by atoms with Gasteiger partial charge in [-0.3, -0.25) is 4.79 Å². The van der Waals surface area contributed by atoms with Crippen LogP contribution in [-0.2, 0) is 4.79 Å². The van der Waals surface area contributed by atoms with Crippen LogP contribution in [0.15, 0.2) is 0 Å². The first kappa shape index (κ1) is 15.5. The van der Waals surface area contributed by atoms with Crippen LogP contribution in [0.1, 0.15) is 78.1 Å². The maximum absolute atomic E-state index is 11.9. The van der Waals surface area contributed by atoms with Gasteiger partial charge in [0.2, 0.25) is 5.91 Å². The van der Waals surface area contributed by atoms with Crippen molar-refractivity contribution in [1.82, 2.24) is 5.32 Å². The van der Waals surface area contributed by atoms with E-state index in [1.165, 1.54) is 38.5 Å². The van der Waals surface area contributed by atoms with Gasteiger partial charge in [-0.2, -0.15) is 0 Å². The van der Waals surface area contributed by atoms with Crippen molar-refractivity contribution in [2.45, 2.75) is 89.6 Å². The maximum Gasteiger partial charge on any atom is 0.237 e. The summed E-state index contributed by atoms with van der Waals surface area (Å²) in [6.07, 6.45) is 11.5. The summed E-state index contributed by atoms with van der Waals surface area (Å²) in [5, 5.41) is 3.62. The molecule has 0 saturated heterocycles. The molecule has 1 unspecified atom stereocenters. The molecular weight excluding hydrogens is 224 g/mol. The number of hydrogen-bond acceptors (Lipinski definition) is 2. The second-order valence-electron chi connectivity index (χ2n) is 5.74. The topological polar surface area (TPSA) is 55.1 Å². The van der Waals surface area contributed by atoms with E-state index in [-0.39, 0.29) is 5.91 Å².